The van der Waals surface area contributed by atoms with Gasteiger partial charge in [0.1, 0.15) is 11.6 Å². The van der Waals surface area contributed by atoms with Crippen molar-refractivity contribution >= 4 is 34.8 Å². The average molecular weight is 546 g/mol. The van der Waals surface area contributed by atoms with Gasteiger partial charge in [0.2, 0.25) is 0 Å². The van der Waals surface area contributed by atoms with E-state index < -0.39 is 29.6 Å². The second kappa shape index (κ2) is 11.9. The first-order valence-corrected chi connectivity index (χ1v) is 12.2. The number of carbonyl (C=O) groups is 2. The lowest BCUT2D eigenvalue weighted by molar-refractivity contribution is -0.136. The highest BCUT2D eigenvalue weighted by atomic mass is 19.4. The molecule has 39 heavy (non-hydrogen) atoms. The number of alkyl halides is 3. The molecule has 0 saturated carbocycles. The van der Waals surface area contributed by atoms with Gasteiger partial charge in [0.05, 0.1) is 23.5 Å². The van der Waals surface area contributed by atoms with Crippen molar-refractivity contribution in [1.29, 1.82) is 0 Å². The first kappa shape index (κ1) is 27.6. The van der Waals surface area contributed by atoms with Gasteiger partial charge in [0.15, 0.2) is 0 Å². The first-order valence-electron chi connectivity index (χ1n) is 12.2. The number of anilines is 4. The molecule has 4 amide bonds. The fraction of sp³-hybridized carbons (Fsp3) is 0.259. The van der Waals surface area contributed by atoms with Crippen molar-refractivity contribution in [3.8, 4) is 5.75 Å². The van der Waals surface area contributed by atoms with E-state index in [-0.39, 0.29) is 11.4 Å². The third kappa shape index (κ3) is 7.09. The number of nitrogens with one attached hydrogen (secondary N) is 3. The maximum atomic E-state index is 13.6. The van der Waals surface area contributed by atoms with Crippen molar-refractivity contribution in [2.75, 3.05) is 53.6 Å². The summed E-state index contributed by atoms with van der Waals surface area (Å²) >= 11 is 0. The molecule has 8 nitrogen and oxygen atoms in total. The summed E-state index contributed by atoms with van der Waals surface area (Å²) in [5.41, 5.74) is 0.384. The van der Waals surface area contributed by atoms with Crippen LogP contribution in [-0.4, -0.2) is 49.7 Å². The van der Waals surface area contributed by atoms with Crippen molar-refractivity contribution in [3.05, 3.63) is 78.1 Å². The molecule has 0 radical (unpaired) electrons. The van der Waals surface area contributed by atoms with Crippen LogP contribution in [-0.2, 0) is 6.18 Å². The second-order valence-corrected chi connectivity index (χ2v) is 8.65. The number of urea groups is 2. The summed E-state index contributed by atoms with van der Waals surface area (Å²) in [5.74, 6) is -0.163. The summed E-state index contributed by atoms with van der Waals surface area (Å²) in [6.07, 6.45) is -4.57. The lowest BCUT2D eigenvalue weighted by Crippen LogP contribution is -2.50. The van der Waals surface area contributed by atoms with Gasteiger partial charge in [-0.3, -0.25) is 0 Å². The van der Waals surface area contributed by atoms with Crippen molar-refractivity contribution in [2.45, 2.75) is 13.1 Å². The Bertz CT molecular complexity index is 1310. The van der Waals surface area contributed by atoms with Crippen molar-refractivity contribution in [2.24, 2.45) is 0 Å². The highest BCUT2D eigenvalue weighted by molar-refractivity contribution is 6.00. The lowest BCUT2D eigenvalue weighted by atomic mass is 10.1. The zero-order chi connectivity index (χ0) is 28.0. The molecule has 1 fully saturated rings. The Hall–Kier alpha value is -4.48. The number of ether oxygens (including phenoxy) is 1. The molecule has 206 valence electrons. The molecule has 12 heteroatoms. The van der Waals surface area contributed by atoms with Crippen LogP contribution in [0.4, 0.5) is 49.9 Å². The largest absolute Gasteiger partial charge is 0.492 e. The Morgan fingerprint density at radius 3 is 2.23 bits per heavy atom. The minimum Gasteiger partial charge on any atom is -0.492 e. The van der Waals surface area contributed by atoms with Gasteiger partial charge in [-0.25, -0.2) is 14.0 Å². The van der Waals surface area contributed by atoms with Gasteiger partial charge in [-0.2, -0.15) is 13.2 Å². The zero-order valence-electron chi connectivity index (χ0n) is 21.0. The van der Waals surface area contributed by atoms with Gasteiger partial charge < -0.3 is 30.5 Å². The van der Waals surface area contributed by atoms with Crippen molar-refractivity contribution in [1.82, 2.24) is 4.90 Å². The lowest BCUT2D eigenvalue weighted by Gasteiger charge is -2.36. The van der Waals surface area contributed by atoms with Gasteiger partial charge >= 0.3 is 18.2 Å². The van der Waals surface area contributed by atoms with E-state index in [4.69, 9.17) is 4.74 Å². The molecule has 0 bridgehead atoms. The molecule has 0 spiro atoms. The molecule has 0 aliphatic carbocycles. The number of halogens is 4. The van der Waals surface area contributed by atoms with Crippen LogP contribution in [0.2, 0.25) is 0 Å². The Labute approximate surface area is 222 Å². The summed E-state index contributed by atoms with van der Waals surface area (Å²) in [6.45, 7) is 3.72. The van der Waals surface area contributed by atoms with Crippen LogP contribution < -0.4 is 25.6 Å². The predicted octanol–water partition coefficient (Wildman–Crippen LogP) is 6.24. The summed E-state index contributed by atoms with van der Waals surface area (Å²) in [7, 11) is 0. The van der Waals surface area contributed by atoms with Gasteiger partial charge in [-0.15, -0.1) is 0 Å². The fourth-order valence-electron chi connectivity index (χ4n) is 4.12. The monoisotopic (exact) mass is 545 g/mol. The normalized spacial score (nSPS) is 13.6. The number of benzene rings is 3. The molecule has 0 atom stereocenters. The van der Waals surface area contributed by atoms with Crippen LogP contribution in [0, 0.1) is 5.82 Å². The Kier molecular flexibility index (Phi) is 8.43. The van der Waals surface area contributed by atoms with E-state index in [9.17, 15) is 27.2 Å². The molecule has 0 unspecified atom stereocenters. The Morgan fingerprint density at radius 1 is 0.872 bits per heavy atom. The van der Waals surface area contributed by atoms with Crippen LogP contribution in [0.1, 0.15) is 12.5 Å². The third-order valence-corrected chi connectivity index (χ3v) is 6.02. The van der Waals surface area contributed by atoms with Gasteiger partial charge in [0.25, 0.3) is 0 Å². The maximum Gasteiger partial charge on any atom is 0.418 e. The molecule has 1 heterocycles. The minimum absolute atomic E-state index is 0.203. The number of rotatable bonds is 6. The summed E-state index contributed by atoms with van der Waals surface area (Å²) in [5, 5.41) is 7.63. The van der Waals surface area contributed by atoms with E-state index in [1.165, 1.54) is 41.3 Å². The van der Waals surface area contributed by atoms with Crippen LogP contribution in [0.3, 0.4) is 0 Å². The smallest absolute Gasteiger partial charge is 0.418 e. The Balaban J connectivity index is 1.30. The second-order valence-electron chi connectivity index (χ2n) is 8.65. The molecular weight excluding hydrogens is 518 g/mol. The van der Waals surface area contributed by atoms with Crippen LogP contribution >= 0.6 is 0 Å². The van der Waals surface area contributed by atoms with Crippen LogP contribution in [0.25, 0.3) is 0 Å². The number of hydrogen-bond acceptors (Lipinski definition) is 4. The number of para-hydroxylation sites is 1. The fourth-order valence-corrected chi connectivity index (χ4v) is 4.12. The molecule has 3 aromatic carbocycles. The SMILES string of the molecule is CCOc1ccc(F)cc1NC(=O)Nc1ccc(N2CCN(C(=O)Nc3ccccc3C(F)(F)F)CC2)cc1. The third-order valence-electron chi connectivity index (χ3n) is 6.02. The molecule has 4 rings (SSSR count). The summed E-state index contributed by atoms with van der Waals surface area (Å²) < 4.78 is 58.7. The summed E-state index contributed by atoms with van der Waals surface area (Å²) in [4.78, 5) is 28.5. The van der Waals surface area contributed by atoms with Gasteiger partial charge in [-0.1, -0.05) is 12.1 Å². The first-order chi connectivity index (χ1) is 18.6. The Morgan fingerprint density at radius 2 is 1.56 bits per heavy atom. The average Bonchev–Trinajstić information content (AvgIpc) is 2.90. The predicted molar refractivity (Wildman–Crippen MR) is 141 cm³/mol. The maximum absolute atomic E-state index is 13.6. The van der Waals surface area contributed by atoms with E-state index in [0.29, 0.717) is 44.2 Å². The number of carbonyl (C=O) groups excluding carboxylic acids is 2. The molecule has 0 aromatic heterocycles. The van der Waals surface area contributed by atoms with Crippen LogP contribution in [0.5, 0.6) is 5.75 Å². The molecule has 1 saturated heterocycles. The number of hydrogen-bond donors (Lipinski definition) is 3. The summed E-state index contributed by atoms with van der Waals surface area (Å²) in [6, 6.07) is 14.6. The molecule has 3 aromatic rings. The minimum atomic E-state index is -4.57. The van der Waals surface area contributed by atoms with E-state index in [2.05, 4.69) is 16.0 Å². The van der Waals surface area contributed by atoms with Crippen molar-refractivity contribution in [3.63, 3.8) is 0 Å². The topological polar surface area (TPSA) is 85.9 Å². The van der Waals surface area contributed by atoms with Crippen molar-refractivity contribution < 1.29 is 31.9 Å². The molecule has 1 aliphatic heterocycles. The quantitative estimate of drug-likeness (QED) is 0.320. The standard InChI is InChI=1S/C27H27F4N5O3/c1-2-39-24-12-7-18(28)17-23(24)33-25(37)32-19-8-10-20(11-9-19)35-13-15-36(16-14-35)26(38)34-22-6-4-3-5-21(22)27(29,30)31/h3-12,17H,2,13-16H2,1H3,(H,34,38)(H2,32,33,37). The highest BCUT2D eigenvalue weighted by Crippen LogP contribution is 2.34. The van der Waals surface area contributed by atoms with Gasteiger partial charge in [0, 0.05) is 43.6 Å². The van der Waals surface area contributed by atoms with Gasteiger partial charge in [-0.05, 0) is 55.5 Å². The molecule has 1 aliphatic rings. The van der Waals surface area contributed by atoms with E-state index in [1.54, 1.807) is 31.2 Å². The van der Waals surface area contributed by atoms with E-state index >= 15 is 0 Å². The zero-order valence-corrected chi connectivity index (χ0v) is 21.0. The van der Waals surface area contributed by atoms with E-state index in [1.807, 2.05) is 4.90 Å². The highest BCUT2D eigenvalue weighted by Gasteiger charge is 2.34. The molecule has 3 N–H and O–H groups in total. The van der Waals surface area contributed by atoms with Crippen LogP contribution in [0.15, 0.2) is 66.7 Å². The number of amides is 4. The molecular formula is C27H27F4N5O3. The number of nitrogens with zero attached hydrogens (tertiary/aromatic N) is 2. The van der Waals surface area contributed by atoms with E-state index in [0.717, 1.165) is 11.8 Å². The number of piperazine rings is 1.